The van der Waals surface area contributed by atoms with E-state index in [2.05, 4.69) is 10.6 Å². The van der Waals surface area contributed by atoms with E-state index in [0.717, 1.165) is 17.1 Å². The van der Waals surface area contributed by atoms with Gasteiger partial charge in [0.25, 0.3) is 0 Å². The van der Waals surface area contributed by atoms with Crippen LogP contribution in [0.1, 0.15) is 26.3 Å². The average molecular weight is 342 g/mol. The molecule has 0 fully saturated rings. The van der Waals surface area contributed by atoms with Crippen LogP contribution in [0.25, 0.3) is 0 Å². The molecule has 0 saturated carbocycles. The number of hydrogen-bond donors (Lipinski definition) is 2. The van der Waals surface area contributed by atoms with Crippen LogP contribution in [-0.4, -0.2) is 24.8 Å². The van der Waals surface area contributed by atoms with Gasteiger partial charge in [-0.15, -0.1) is 0 Å². The predicted molar refractivity (Wildman–Crippen MR) is 98.9 cm³/mol. The van der Waals surface area contributed by atoms with Gasteiger partial charge in [-0.1, -0.05) is 30.3 Å². The Bertz CT molecular complexity index is 666. The molecule has 2 rings (SSSR count). The number of para-hydroxylation sites is 1. The first kappa shape index (κ1) is 18.8. The number of carbonyl (C=O) groups excluding carboxylic acids is 1. The highest BCUT2D eigenvalue weighted by molar-refractivity contribution is 5.67. The van der Waals surface area contributed by atoms with Crippen molar-refractivity contribution >= 4 is 6.09 Å². The third-order valence-corrected chi connectivity index (χ3v) is 3.18. The molecule has 1 amide bonds. The normalized spacial score (nSPS) is 11.0. The van der Waals surface area contributed by atoms with E-state index in [1.165, 1.54) is 0 Å². The standard InChI is InChI=1S/C20H26N2O3/c1-20(2,3)25-19(23)22-13-12-21-15-16-8-7-11-18(14-16)24-17-9-5-4-6-10-17/h4-11,14,21H,12-13,15H2,1-3H3,(H,22,23). The minimum atomic E-state index is -0.475. The van der Waals surface area contributed by atoms with Gasteiger partial charge in [0.1, 0.15) is 17.1 Å². The lowest BCUT2D eigenvalue weighted by atomic mass is 10.2. The summed E-state index contributed by atoms with van der Waals surface area (Å²) in [7, 11) is 0. The fraction of sp³-hybridized carbons (Fsp3) is 0.350. The van der Waals surface area contributed by atoms with Gasteiger partial charge in [-0.3, -0.25) is 0 Å². The molecular formula is C20H26N2O3. The molecule has 0 unspecified atom stereocenters. The third kappa shape index (κ3) is 7.72. The van der Waals surface area contributed by atoms with Crippen molar-refractivity contribution in [3.05, 3.63) is 60.2 Å². The minimum Gasteiger partial charge on any atom is -0.457 e. The number of carbonyl (C=O) groups is 1. The summed E-state index contributed by atoms with van der Waals surface area (Å²) >= 11 is 0. The summed E-state index contributed by atoms with van der Waals surface area (Å²) < 4.78 is 11.0. The van der Waals surface area contributed by atoms with Crippen molar-refractivity contribution in [3.63, 3.8) is 0 Å². The first-order valence-corrected chi connectivity index (χ1v) is 8.42. The molecule has 0 atom stereocenters. The van der Waals surface area contributed by atoms with Crippen molar-refractivity contribution in [2.75, 3.05) is 13.1 Å². The molecule has 0 radical (unpaired) electrons. The molecule has 0 heterocycles. The van der Waals surface area contributed by atoms with Crippen LogP contribution in [-0.2, 0) is 11.3 Å². The third-order valence-electron chi connectivity index (χ3n) is 3.18. The van der Waals surface area contributed by atoms with E-state index in [9.17, 15) is 4.79 Å². The molecule has 0 spiro atoms. The molecule has 0 bridgehead atoms. The van der Waals surface area contributed by atoms with Crippen LogP contribution < -0.4 is 15.4 Å². The van der Waals surface area contributed by atoms with Gasteiger partial charge >= 0.3 is 6.09 Å². The average Bonchev–Trinajstić information content (AvgIpc) is 2.54. The van der Waals surface area contributed by atoms with Gasteiger partial charge in [0.05, 0.1) is 0 Å². The maximum atomic E-state index is 11.5. The molecule has 134 valence electrons. The number of alkyl carbamates (subject to hydrolysis) is 1. The number of benzene rings is 2. The second kappa shape index (κ2) is 9.08. The Morgan fingerprint density at radius 1 is 0.960 bits per heavy atom. The molecule has 0 aliphatic heterocycles. The van der Waals surface area contributed by atoms with E-state index in [1.54, 1.807) is 0 Å². The Kier molecular flexibility index (Phi) is 6.83. The van der Waals surface area contributed by atoms with Gasteiger partial charge in [0.2, 0.25) is 0 Å². The maximum Gasteiger partial charge on any atom is 0.407 e. The molecule has 0 aliphatic rings. The van der Waals surface area contributed by atoms with Crippen molar-refractivity contribution in [1.29, 1.82) is 0 Å². The molecule has 0 aliphatic carbocycles. The Morgan fingerprint density at radius 3 is 2.40 bits per heavy atom. The maximum absolute atomic E-state index is 11.5. The summed E-state index contributed by atoms with van der Waals surface area (Å²) in [4.78, 5) is 11.5. The molecule has 2 N–H and O–H groups in total. The van der Waals surface area contributed by atoms with Crippen LogP contribution in [0.5, 0.6) is 11.5 Å². The number of hydrogen-bond acceptors (Lipinski definition) is 4. The van der Waals surface area contributed by atoms with E-state index in [1.807, 2.05) is 75.4 Å². The van der Waals surface area contributed by atoms with E-state index < -0.39 is 11.7 Å². The zero-order chi connectivity index (χ0) is 18.1. The first-order valence-electron chi connectivity index (χ1n) is 8.42. The SMILES string of the molecule is CC(C)(C)OC(=O)NCCNCc1cccc(Oc2ccccc2)c1. The van der Waals surface area contributed by atoms with Crippen LogP contribution in [0.4, 0.5) is 4.79 Å². The second-order valence-electron chi connectivity index (χ2n) is 6.67. The Labute approximate surface area is 149 Å². The lowest BCUT2D eigenvalue weighted by Crippen LogP contribution is -2.36. The van der Waals surface area contributed by atoms with E-state index in [4.69, 9.17) is 9.47 Å². The fourth-order valence-electron chi connectivity index (χ4n) is 2.14. The quantitative estimate of drug-likeness (QED) is 0.744. The molecule has 0 aromatic heterocycles. The lowest BCUT2D eigenvalue weighted by Gasteiger charge is -2.19. The summed E-state index contributed by atoms with van der Waals surface area (Å²) in [6, 6.07) is 17.6. The molecular weight excluding hydrogens is 316 g/mol. The van der Waals surface area contributed by atoms with Crippen molar-refractivity contribution in [2.24, 2.45) is 0 Å². The van der Waals surface area contributed by atoms with Gasteiger partial charge < -0.3 is 20.1 Å². The molecule has 0 saturated heterocycles. The summed E-state index contributed by atoms with van der Waals surface area (Å²) in [6.45, 7) is 7.39. The Hall–Kier alpha value is -2.53. The summed E-state index contributed by atoms with van der Waals surface area (Å²) in [6.07, 6.45) is -0.396. The zero-order valence-electron chi connectivity index (χ0n) is 15.0. The van der Waals surface area contributed by atoms with Crippen molar-refractivity contribution in [2.45, 2.75) is 32.9 Å². The molecule has 25 heavy (non-hydrogen) atoms. The van der Waals surface area contributed by atoms with Crippen LogP contribution in [0.2, 0.25) is 0 Å². The number of nitrogens with one attached hydrogen (secondary N) is 2. The van der Waals surface area contributed by atoms with Crippen LogP contribution in [0, 0.1) is 0 Å². The number of ether oxygens (including phenoxy) is 2. The summed E-state index contributed by atoms with van der Waals surface area (Å²) in [5, 5.41) is 6.01. The number of amides is 1. The molecule has 5 nitrogen and oxygen atoms in total. The van der Waals surface area contributed by atoms with Crippen molar-refractivity contribution in [1.82, 2.24) is 10.6 Å². The molecule has 2 aromatic rings. The zero-order valence-corrected chi connectivity index (χ0v) is 15.0. The highest BCUT2D eigenvalue weighted by Crippen LogP contribution is 2.21. The summed E-state index contributed by atoms with van der Waals surface area (Å²) in [5.41, 5.74) is 0.641. The van der Waals surface area contributed by atoms with Crippen LogP contribution in [0.3, 0.4) is 0 Å². The monoisotopic (exact) mass is 342 g/mol. The molecule has 5 heteroatoms. The second-order valence-corrected chi connectivity index (χ2v) is 6.67. The van der Waals surface area contributed by atoms with Gasteiger partial charge in [-0.2, -0.15) is 0 Å². The highest BCUT2D eigenvalue weighted by Gasteiger charge is 2.15. The van der Waals surface area contributed by atoms with Crippen LogP contribution in [0.15, 0.2) is 54.6 Å². The highest BCUT2D eigenvalue weighted by atomic mass is 16.6. The largest absolute Gasteiger partial charge is 0.457 e. The Balaban J connectivity index is 1.71. The summed E-state index contributed by atoms with van der Waals surface area (Å²) in [5.74, 6) is 1.62. The van der Waals surface area contributed by atoms with E-state index in [-0.39, 0.29) is 0 Å². The number of rotatable bonds is 7. The van der Waals surface area contributed by atoms with E-state index in [0.29, 0.717) is 19.6 Å². The van der Waals surface area contributed by atoms with Crippen LogP contribution >= 0.6 is 0 Å². The van der Waals surface area contributed by atoms with Gasteiger partial charge in [-0.05, 0) is 50.6 Å². The first-order chi connectivity index (χ1) is 11.9. The van der Waals surface area contributed by atoms with Gasteiger partial charge in [0, 0.05) is 19.6 Å². The molecule has 2 aromatic carbocycles. The van der Waals surface area contributed by atoms with Gasteiger partial charge in [0.15, 0.2) is 0 Å². The van der Waals surface area contributed by atoms with Crippen molar-refractivity contribution < 1.29 is 14.3 Å². The van der Waals surface area contributed by atoms with Crippen molar-refractivity contribution in [3.8, 4) is 11.5 Å². The van der Waals surface area contributed by atoms with E-state index >= 15 is 0 Å². The topological polar surface area (TPSA) is 59.6 Å². The predicted octanol–water partition coefficient (Wildman–Crippen LogP) is 4.09. The Morgan fingerprint density at radius 2 is 1.68 bits per heavy atom. The lowest BCUT2D eigenvalue weighted by molar-refractivity contribution is 0.0528. The fourth-order valence-corrected chi connectivity index (χ4v) is 2.14. The minimum absolute atomic E-state index is 0.396. The smallest absolute Gasteiger partial charge is 0.407 e. The van der Waals surface area contributed by atoms with Gasteiger partial charge in [-0.25, -0.2) is 4.79 Å².